The molecule has 2 rings (SSSR count). The summed E-state index contributed by atoms with van der Waals surface area (Å²) in [4.78, 5) is 0. The molecule has 2 aromatic carbocycles. The number of ether oxygens (including phenoxy) is 1. The summed E-state index contributed by atoms with van der Waals surface area (Å²) in [6.45, 7) is 2.84. The first-order valence-electron chi connectivity index (χ1n) is 6.96. The Morgan fingerprint density at radius 3 is 2.67 bits per heavy atom. The number of rotatable bonds is 6. The number of nitrogens with one attached hydrogen (secondary N) is 1. The Labute approximate surface area is 129 Å². The molecule has 1 atom stereocenters. The van der Waals surface area contributed by atoms with E-state index in [2.05, 4.69) is 5.32 Å². The smallest absolute Gasteiger partial charge is 0.142 e. The first kappa shape index (κ1) is 15.8. The van der Waals surface area contributed by atoms with E-state index in [0.29, 0.717) is 6.42 Å². The molecule has 0 radical (unpaired) electrons. The topological polar surface area (TPSA) is 21.3 Å². The van der Waals surface area contributed by atoms with Gasteiger partial charge in [0.15, 0.2) is 0 Å². The highest BCUT2D eigenvalue weighted by atomic mass is 35.5. The van der Waals surface area contributed by atoms with Gasteiger partial charge in [-0.3, -0.25) is 0 Å². The minimum absolute atomic E-state index is 0.0189. The molecule has 0 spiro atoms. The van der Waals surface area contributed by atoms with Gasteiger partial charge in [0.05, 0.1) is 12.1 Å². The predicted octanol–water partition coefficient (Wildman–Crippen LogP) is 4.38. The van der Waals surface area contributed by atoms with Crippen molar-refractivity contribution >= 4 is 11.6 Å². The van der Waals surface area contributed by atoms with Gasteiger partial charge in [0, 0.05) is 11.6 Å². The molecule has 0 aliphatic rings. The minimum Gasteiger partial charge on any atom is -0.496 e. The number of methoxy groups -OCH3 is 1. The van der Waals surface area contributed by atoms with E-state index < -0.39 is 0 Å². The minimum atomic E-state index is -0.385. The van der Waals surface area contributed by atoms with Crippen molar-refractivity contribution in [3.8, 4) is 5.75 Å². The molecule has 1 unspecified atom stereocenters. The summed E-state index contributed by atoms with van der Waals surface area (Å²) in [6.07, 6.45) is 0.602. The zero-order valence-corrected chi connectivity index (χ0v) is 13.0. The summed E-state index contributed by atoms with van der Waals surface area (Å²) in [5.74, 6) is 0.431. The molecule has 1 N–H and O–H groups in total. The lowest BCUT2D eigenvalue weighted by Crippen LogP contribution is -2.23. The zero-order chi connectivity index (χ0) is 15.2. The molecule has 0 heterocycles. The van der Waals surface area contributed by atoms with Gasteiger partial charge in [-0.25, -0.2) is 4.39 Å². The van der Waals surface area contributed by atoms with Gasteiger partial charge in [-0.2, -0.15) is 0 Å². The Morgan fingerprint density at radius 2 is 1.95 bits per heavy atom. The van der Waals surface area contributed by atoms with Crippen molar-refractivity contribution < 1.29 is 9.13 Å². The maximum absolute atomic E-state index is 13.6. The number of halogens is 2. The lowest BCUT2D eigenvalue weighted by atomic mass is 9.97. The molecule has 0 amide bonds. The fraction of sp³-hybridized carbons (Fsp3) is 0.294. The van der Waals surface area contributed by atoms with E-state index in [-0.39, 0.29) is 16.9 Å². The van der Waals surface area contributed by atoms with Crippen LogP contribution in [0.15, 0.2) is 42.5 Å². The lowest BCUT2D eigenvalue weighted by molar-refractivity contribution is 0.399. The van der Waals surface area contributed by atoms with Crippen LogP contribution in [0.25, 0.3) is 0 Å². The largest absolute Gasteiger partial charge is 0.496 e. The SMILES string of the molecule is CCNC(Cc1cccc(F)c1Cl)c1ccccc1OC. The molecule has 2 nitrogen and oxygen atoms in total. The third-order valence-electron chi connectivity index (χ3n) is 3.42. The van der Waals surface area contributed by atoms with E-state index in [1.807, 2.05) is 37.3 Å². The summed E-state index contributed by atoms with van der Waals surface area (Å²) < 4.78 is 19.0. The Kier molecular flexibility index (Phi) is 5.59. The third-order valence-corrected chi connectivity index (χ3v) is 3.84. The molecule has 0 bridgehead atoms. The zero-order valence-electron chi connectivity index (χ0n) is 12.2. The molecule has 0 aliphatic carbocycles. The van der Waals surface area contributed by atoms with Crippen molar-refractivity contribution in [3.05, 3.63) is 64.4 Å². The van der Waals surface area contributed by atoms with Crippen molar-refractivity contribution in [2.24, 2.45) is 0 Å². The van der Waals surface area contributed by atoms with Gasteiger partial charge in [0.25, 0.3) is 0 Å². The Morgan fingerprint density at radius 1 is 1.19 bits per heavy atom. The first-order chi connectivity index (χ1) is 10.2. The molecule has 0 aliphatic heterocycles. The number of hydrogen-bond donors (Lipinski definition) is 1. The Hall–Kier alpha value is -1.58. The molecule has 2 aromatic rings. The molecule has 0 saturated heterocycles. The molecule has 0 aromatic heterocycles. The first-order valence-corrected chi connectivity index (χ1v) is 7.34. The molecule has 112 valence electrons. The van der Waals surface area contributed by atoms with E-state index >= 15 is 0 Å². The normalized spacial score (nSPS) is 12.2. The fourth-order valence-electron chi connectivity index (χ4n) is 2.42. The summed E-state index contributed by atoms with van der Waals surface area (Å²) >= 11 is 6.06. The second-order valence-electron chi connectivity index (χ2n) is 4.77. The second-order valence-corrected chi connectivity index (χ2v) is 5.15. The number of benzene rings is 2. The number of hydrogen-bond acceptors (Lipinski definition) is 2. The van der Waals surface area contributed by atoms with E-state index in [1.54, 1.807) is 13.2 Å². The maximum atomic E-state index is 13.6. The fourth-order valence-corrected chi connectivity index (χ4v) is 2.62. The monoisotopic (exact) mass is 307 g/mol. The predicted molar refractivity (Wildman–Crippen MR) is 84.5 cm³/mol. The van der Waals surface area contributed by atoms with Crippen LogP contribution in [-0.4, -0.2) is 13.7 Å². The van der Waals surface area contributed by atoms with Crippen LogP contribution in [0.2, 0.25) is 5.02 Å². The van der Waals surface area contributed by atoms with Crippen LogP contribution in [0.1, 0.15) is 24.1 Å². The molecule has 4 heteroatoms. The Bertz CT molecular complexity index is 603. The highest BCUT2D eigenvalue weighted by molar-refractivity contribution is 6.31. The summed E-state index contributed by atoms with van der Waals surface area (Å²) in [7, 11) is 1.65. The molecule has 21 heavy (non-hydrogen) atoms. The third kappa shape index (κ3) is 3.74. The van der Waals surface area contributed by atoms with Crippen molar-refractivity contribution in [1.29, 1.82) is 0 Å². The van der Waals surface area contributed by atoms with E-state index in [1.165, 1.54) is 6.07 Å². The van der Waals surface area contributed by atoms with Crippen LogP contribution in [0, 0.1) is 5.82 Å². The van der Waals surface area contributed by atoms with Gasteiger partial charge in [0.1, 0.15) is 11.6 Å². The summed E-state index contributed by atoms with van der Waals surface area (Å²) in [6, 6.07) is 12.8. The van der Waals surface area contributed by atoms with Crippen molar-refractivity contribution in [2.75, 3.05) is 13.7 Å². The highest BCUT2D eigenvalue weighted by Gasteiger charge is 2.17. The van der Waals surface area contributed by atoms with Gasteiger partial charge in [-0.15, -0.1) is 0 Å². The average Bonchev–Trinajstić information content (AvgIpc) is 2.51. The Balaban J connectivity index is 2.33. The summed E-state index contributed by atoms with van der Waals surface area (Å²) in [5, 5.41) is 3.60. The van der Waals surface area contributed by atoms with Crippen LogP contribution in [0.4, 0.5) is 4.39 Å². The number of likely N-dealkylation sites (N-methyl/N-ethyl adjacent to an activating group) is 1. The quantitative estimate of drug-likeness (QED) is 0.855. The van der Waals surface area contributed by atoms with E-state index in [9.17, 15) is 4.39 Å². The van der Waals surface area contributed by atoms with Crippen LogP contribution >= 0.6 is 11.6 Å². The van der Waals surface area contributed by atoms with Gasteiger partial charge < -0.3 is 10.1 Å². The number of para-hydroxylation sites is 1. The molecule has 0 saturated carbocycles. The van der Waals surface area contributed by atoms with Crippen molar-refractivity contribution in [2.45, 2.75) is 19.4 Å². The summed E-state index contributed by atoms with van der Waals surface area (Å²) in [5.41, 5.74) is 1.83. The van der Waals surface area contributed by atoms with Gasteiger partial charge in [0.2, 0.25) is 0 Å². The van der Waals surface area contributed by atoms with Gasteiger partial charge in [-0.1, -0.05) is 48.9 Å². The molecule has 0 fully saturated rings. The van der Waals surface area contributed by atoms with Crippen LogP contribution in [0.5, 0.6) is 5.75 Å². The van der Waals surface area contributed by atoms with Crippen LogP contribution < -0.4 is 10.1 Å². The van der Waals surface area contributed by atoms with E-state index in [4.69, 9.17) is 16.3 Å². The van der Waals surface area contributed by atoms with Gasteiger partial charge in [-0.05, 0) is 30.7 Å². The second kappa shape index (κ2) is 7.43. The van der Waals surface area contributed by atoms with Gasteiger partial charge >= 0.3 is 0 Å². The van der Waals surface area contributed by atoms with Crippen molar-refractivity contribution in [3.63, 3.8) is 0 Å². The molecular weight excluding hydrogens is 289 g/mol. The molecular formula is C17H19ClFNO. The lowest BCUT2D eigenvalue weighted by Gasteiger charge is -2.21. The average molecular weight is 308 g/mol. The van der Waals surface area contributed by atoms with Crippen LogP contribution in [0.3, 0.4) is 0 Å². The highest BCUT2D eigenvalue weighted by Crippen LogP contribution is 2.30. The van der Waals surface area contributed by atoms with E-state index in [0.717, 1.165) is 23.4 Å². The maximum Gasteiger partial charge on any atom is 0.142 e. The standard InChI is InChI=1S/C17H19ClFNO/c1-3-20-15(13-8-4-5-10-16(13)21-2)11-12-7-6-9-14(19)17(12)18/h4-10,15,20H,3,11H2,1-2H3. The van der Waals surface area contributed by atoms with Crippen LogP contribution in [-0.2, 0) is 6.42 Å². The van der Waals surface area contributed by atoms with Crippen molar-refractivity contribution in [1.82, 2.24) is 5.32 Å².